The van der Waals surface area contributed by atoms with E-state index in [4.69, 9.17) is 9.52 Å². The molecule has 4 heterocycles. The molecule has 0 bridgehead atoms. The molecule has 0 amide bonds. The summed E-state index contributed by atoms with van der Waals surface area (Å²) in [5, 5.41) is 2.79. The Balaban J connectivity index is 1.65. The first-order valence-electron chi connectivity index (χ1n) is 10.3. The molecule has 2 N–H and O–H groups in total. The van der Waals surface area contributed by atoms with Crippen molar-refractivity contribution in [3.63, 3.8) is 0 Å². The molecule has 1 aromatic carbocycles. The summed E-state index contributed by atoms with van der Waals surface area (Å²) >= 11 is 0. The third-order valence-electron chi connectivity index (χ3n) is 5.63. The summed E-state index contributed by atoms with van der Waals surface area (Å²) in [4.78, 5) is 11.8. The van der Waals surface area contributed by atoms with E-state index >= 15 is 0 Å². The fourth-order valence-electron chi connectivity index (χ4n) is 4.12. The van der Waals surface area contributed by atoms with Crippen LogP contribution in [0.5, 0.6) is 5.75 Å². The summed E-state index contributed by atoms with van der Waals surface area (Å²) in [6.07, 6.45) is 0.331. The van der Waals surface area contributed by atoms with Crippen LogP contribution in [-0.4, -0.2) is 36.4 Å². The minimum absolute atomic E-state index is 0.0103. The zero-order valence-corrected chi connectivity index (χ0v) is 19.0. The van der Waals surface area contributed by atoms with Crippen molar-refractivity contribution in [1.29, 1.82) is 4.78 Å². The summed E-state index contributed by atoms with van der Waals surface area (Å²) in [5.41, 5.74) is -0.351. The molecule has 0 spiro atoms. The Morgan fingerprint density at radius 2 is 2.00 bits per heavy atom. The molecule has 13 heteroatoms. The first kappa shape index (κ1) is 23.0. The topological polar surface area (TPSA) is 105 Å². The predicted octanol–water partition coefficient (Wildman–Crippen LogP) is 4.53. The lowest BCUT2D eigenvalue weighted by Crippen LogP contribution is -2.12. The van der Waals surface area contributed by atoms with Crippen LogP contribution in [0, 0.1) is 10.6 Å². The number of hydrogen-bond acceptors (Lipinski definition) is 7. The Kier molecular flexibility index (Phi) is 5.38. The number of rotatable bonds is 5. The van der Waals surface area contributed by atoms with Crippen LogP contribution in [0.3, 0.4) is 0 Å². The van der Waals surface area contributed by atoms with Gasteiger partial charge >= 0.3 is 6.18 Å². The lowest BCUT2D eigenvalue weighted by Gasteiger charge is -2.16. The molecule has 1 aliphatic heterocycles. The summed E-state index contributed by atoms with van der Waals surface area (Å²) in [5.74, 6) is 0.283. The van der Waals surface area contributed by atoms with Crippen molar-refractivity contribution in [2.24, 2.45) is 0 Å². The maximum Gasteiger partial charge on any atom is 0.433 e. The van der Waals surface area contributed by atoms with Crippen molar-refractivity contribution >= 4 is 21.2 Å². The van der Waals surface area contributed by atoms with E-state index in [1.807, 2.05) is 0 Å². The van der Waals surface area contributed by atoms with Crippen molar-refractivity contribution in [3.8, 4) is 16.9 Å². The molecule has 1 atom stereocenters. The van der Waals surface area contributed by atoms with E-state index in [0.717, 1.165) is 18.0 Å². The molecule has 0 fully saturated rings. The van der Waals surface area contributed by atoms with E-state index in [1.165, 1.54) is 35.1 Å². The number of imidazole rings is 1. The minimum atomic E-state index is -4.76. The van der Waals surface area contributed by atoms with Crippen LogP contribution in [0.1, 0.15) is 16.8 Å². The van der Waals surface area contributed by atoms with E-state index in [-0.39, 0.29) is 34.2 Å². The molecule has 4 aromatic rings. The maximum atomic E-state index is 14.6. The average Bonchev–Trinajstić information content (AvgIpc) is 3.45. The lowest BCUT2D eigenvalue weighted by molar-refractivity contribution is -0.140. The second-order valence-corrected chi connectivity index (χ2v) is 10.0. The maximum absolute atomic E-state index is 14.6. The zero-order chi connectivity index (χ0) is 25.0. The molecule has 0 radical (unpaired) electrons. The van der Waals surface area contributed by atoms with E-state index < -0.39 is 27.4 Å². The summed E-state index contributed by atoms with van der Waals surface area (Å²) < 4.78 is 83.0. The number of aromatic nitrogens is 4. The molecule has 1 aliphatic rings. The van der Waals surface area contributed by atoms with Crippen LogP contribution in [0.25, 0.3) is 16.6 Å². The SMILES string of the molecule is CS(=N)(=O)c1ncn2c(NCc3c(F)ccc4c3CCO4)ncc(-c3cccnc3C(F)(F)F)c12. The smallest absolute Gasteiger partial charge is 0.433 e. The largest absolute Gasteiger partial charge is 0.493 e. The van der Waals surface area contributed by atoms with Gasteiger partial charge in [-0.2, -0.15) is 13.2 Å². The third kappa shape index (κ3) is 4.05. The Bertz CT molecular complexity index is 1570. The van der Waals surface area contributed by atoms with E-state index in [9.17, 15) is 21.8 Å². The Morgan fingerprint density at radius 1 is 1.20 bits per heavy atom. The van der Waals surface area contributed by atoms with Crippen LogP contribution in [0.4, 0.5) is 23.5 Å². The zero-order valence-electron chi connectivity index (χ0n) is 18.2. The van der Waals surface area contributed by atoms with E-state index in [0.29, 0.717) is 24.3 Å². The fourth-order valence-corrected chi connectivity index (χ4v) is 4.95. The number of halogens is 4. The molecule has 1 unspecified atom stereocenters. The first-order chi connectivity index (χ1) is 16.6. The number of ether oxygens (including phenoxy) is 1. The molecular weight excluding hydrogens is 488 g/mol. The van der Waals surface area contributed by atoms with Gasteiger partial charge < -0.3 is 10.1 Å². The van der Waals surface area contributed by atoms with Gasteiger partial charge in [0.05, 0.1) is 21.9 Å². The molecule has 0 saturated carbocycles. The molecule has 5 rings (SSSR count). The summed E-state index contributed by atoms with van der Waals surface area (Å²) in [6, 6.07) is 5.43. The minimum Gasteiger partial charge on any atom is -0.493 e. The van der Waals surface area contributed by atoms with Crippen molar-refractivity contribution in [3.05, 3.63) is 65.6 Å². The molecule has 182 valence electrons. The van der Waals surface area contributed by atoms with Crippen LogP contribution < -0.4 is 10.1 Å². The molecule has 35 heavy (non-hydrogen) atoms. The number of alkyl halides is 3. The molecule has 3 aromatic heterocycles. The summed E-state index contributed by atoms with van der Waals surface area (Å²) in [7, 11) is -3.43. The number of pyridine rings is 1. The predicted molar refractivity (Wildman–Crippen MR) is 119 cm³/mol. The van der Waals surface area contributed by atoms with E-state index in [2.05, 4.69) is 20.3 Å². The van der Waals surface area contributed by atoms with Crippen LogP contribution in [0.2, 0.25) is 0 Å². The first-order valence-corrected chi connectivity index (χ1v) is 12.3. The van der Waals surface area contributed by atoms with Gasteiger partial charge in [0.15, 0.2) is 10.7 Å². The van der Waals surface area contributed by atoms with E-state index in [1.54, 1.807) is 6.07 Å². The molecule has 0 aliphatic carbocycles. The number of hydrogen-bond donors (Lipinski definition) is 2. The highest BCUT2D eigenvalue weighted by Gasteiger charge is 2.36. The Morgan fingerprint density at radius 3 is 2.74 bits per heavy atom. The third-order valence-corrected chi connectivity index (χ3v) is 6.67. The highest BCUT2D eigenvalue weighted by atomic mass is 32.2. The van der Waals surface area contributed by atoms with Gasteiger partial charge in [0, 0.05) is 53.9 Å². The van der Waals surface area contributed by atoms with Crippen molar-refractivity contribution in [2.75, 3.05) is 18.2 Å². The number of benzene rings is 1. The van der Waals surface area contributed by atoms with Gasteiger partial charge in [-0.25, -0.2) is 23.3 Å². The van der Waals surface area contributed by atoms with Crippen molar-refractivity contribution < 1.29 is 26.5 Å². The van der Waals surface area contributed by atoms with Crippen LogP contribution in [0.15, 0.2) is 48.0 Å². The van der Waals surface area contributed by atoms with Gasteiger partial charge in [-0.3, -0.25) is 9.38 Å². The van der Waals surface area contributed by atoms with Gasteiger partial charge in [0.25, 0.3) is 0 Å². The number of fused-ring (bicyclic) bond motifs is 2. The Labute approximate surface area is 197 Å². The fraction of sp³-hybridized carbons (Fsp3) is 0.227. The monoisotopic (exact) mass is 506 g/mol. The molecule has 0 saturated heterocycles. The highest BCUT2D eigenvalue weighted by Crippen LogP contribution is 2.38. The quantitative estimate of drug-likeness (QED) is 0.386. The second-order valence-electron chi connectivity index (χ2n) is 7.96. The van der Waals surface area contributed by atoms with Crippen LogP contribution >= 0.6 is 0 Å². The van der Waals surface area contributed by atoms with Gasteiger partial charge in [-0.05, 0) is 18.2 Å². The van der Waals surface area contributed by atoms with Gasteiger partial charge in [0.1, 0.15) is 17.9 Å². The van der Waals surface area contributed by atoms with Crippen LogP contribution in [-0.2, 0) is 28.9 Å². The van der Waals surface area contributed by atoms with Gasteiger partial charge in [0.2, 0.25) is 5.95 Å². The molecular formula is C22H18F4N6O2S. The highest BCUT2D eigenvalue weighted by molar-refractivity contribution is 7.91. The number of nitrogens with zero attached hydrogens (tertiary/aromatic N) is 4. The average molecular weight is 506 g/mol. The molecule has 8 nitrogen and oxygen atoms in total. The summed E-state index contributed by atoms with van der Waals surface area (Å²) in [6.45, 7) is 0.450. The van der Waals surface area contributed by atoms with Crippen molar-refractivity contribution in [1.82, 2.24) is 19.4 Å². The van der Waals surface area contributed by atoms with Gasteiger partial charge in [-0.15, -0.1) is 0 Å². The van der Waals surface area contributed by atoms with Gasteiger partial charge in [-0.1, -0.05) is 6.07 Å². The Hall–Kier alpha value is -3.74. The number of anilines is 1. The normalized spacial score (nSPS) is 15.0. The number of nitrogens with one attached hydrogen (secondary N) is 2. The second kappa shape index (κ2) is 8.18. The van der Waals surface area contributed by atoms with Crippen molar-refractivity contribution in [2.45, 2.75) is 24.2 Å². The lowest BCUT2D eigenvalue weighted by atomic mass is 10.0. The standard InChI is InChI=1S/C22H18F4N6O2S/c1-35(27,33)20-18-15(13-3-2-7-28-19(13)22(24,25)26)10-30-21(32(18)11-31-20)29-9-14-12-6-8-34-17(12)5-4-16(14)23/h2-5,7,10-11,27H,6,8-9H2,1H3,(H,29,30).